The molecular weight excluding hydrogens is 215 g/mol. The first-order valence-corrected chi connectivity index (χ1v) is 5.46. The second-order valence-electron chi connectivity index (χ2n) is 3.52. The molecule has 1 aromatic rings. The largest absolute Gasteiger partial charge is 0.381 e. The molecule has 3 N–H and O–H groups in total. The second kappa shape index (κ2) is 5.93. The van der Waals surface area contributed by atoms with Crippen LogP contribution in [0.3, 0.4) is 0 Å². The lowest BCUT2D eigenvalue weighted by molar-refractivity contribution is 0.624. The van der Waals surface area contributed by atoms with Crippen LogP contribution >= 0.6 is 11.6 Å². The van der Waals surface area contributed by atoms with Gasteiger partial charge in [0, 0.05) is 23.3 Å². The summed E-state index contributed by atoms with van der Waals surface area (Å²) in [6.45, 7) is 2.62. The van der Waals surface area contributed by atoms with Gasteiger partial charge in [-0.2, -0.15) is 0 Å². The van der Waals surface area contributed by atoms with E-state index in [1.165, 1.54) is 12.1 Å². The van der Waals surface area contributed by atoms with E-state index in [1.807, 2.05) is 0 Å². The molecule has 0 aliphatic heterocycles. The molecule has 84 valence electrons. The molecule has 0 radical (unpaired) electrons. The van der Waals surface area contributed by atoms with Crippen LogP contribution in [-0.4, -0.2) is 12.6 Å². The van der Waals surface area contributed by atoms with E-state index in [4.69, 9.17) is 17.3 Å². The Hall–Kier alpha value is -0.800. The Kier molecular flexibility index (Phi) is 4.85. The fraction of sp³-hybridized carbons (Fsp3) is 0.455. The summed E-state index contributed by atoms with van der Waals surface area (Å²) in [4.78, 5) is 0. The van der Waals surface area contributed by atoms with E-state index in [1.54, 1.807) is 6.07 Å². The highest BCUT2D eigenvalue weighted by Crippen LogP contribution is 2.19. The molecule has 15 heavy (non-hydrogen) atoms. The molecule has 1 aromatic carbocycles. The Morgan fingerprint density at radius 3 is 2.73 bits per heavy atom. The van der Waals surface area contributed by atoms with Crippen molar-refractivity contribution in [1.82, 2.24) is 0 Å². The molecule has 0 fully saturated rings. The van der Waals surface area contributed by atoms with Crippen molar-refractivity contribution in [2.45, 2.75) is 25.8 Å². The summed E-state index contributed by atoms with van der Waals surface area (Å²) >= 11 is 5.74. The maximum atomic E-state index is 13.0. The minimum absolute atomic E-state index is 0.174. The summed E-state index contributed by atoms with van der Waals surface area (Å²) in [6.07, 6.45) is 2.00. The van der Waals surface area contributed by atoms with Gasteiger partial charge in [0.1, 0.15) is 5.82 Å². The lowest BCUT2D eigenvalue weighted by Gasteiger charge is -2.17. The smallest absolute Gasteiger partial charge is 0.126 e. The van der Waals surface area contributed by atoms with Crippen LogP contribution in [0.5, 0.6) is 0 Å². The third-order valence-corrected chi connectivity index (χ3v) is 2.37. The minimum atomic E-state index is -0.336. The molecule has 0 aliphatic rings. The van der Waals surface area contributed by atoms with E-state index < -0.39 is 0 Å². The Labute approximate surface area is 94.6 Å². The predicted molar refractivity (Wildman–Crippen MR) is 62.8 cm³/mol. The molecule has 1 unspecified atom stereocenters. The van der Waals surface area contributed by atoms with Crippen LogP contribution in [0.15, 0.2) is 18.2 Å². The van der Waals surface area contributed by atoms with Crippen LogP contribution in [0.2, 0.25) is 5.02 Å². The predicted octanol–water partition coefficient (Wildman–Crippen LogP) is 3.02. The van der Waals surface area contributed by atoms with Crippen molar-refractivity contribution in [2.75, 3.05) is 11.9 Å². The van der Waals surface area contributed by atoms with Crippen molar-refractivity contribution in [3.63, 3.8) is 0 Å². The summed E-state index contributed by atoms with van der Waals surface area (Å²) < 4.78 is 13.0. The van der Waals surface area contributed by atoms with Crippen molar-refractivity contribution in [1.29, 1.82) is 0 Å². The highest BCUT2D eigenvalue weighted by Gasteiger charge is 2.06. The second-order valence-corrected chi connectivity index (χ2v) is 3.96. The topological polar surface area (TPSA) is 38.0 Å². The van der Waals surface area contributed by atoms with Gasteiger partial charge >= 0.3 is 0 Å². The summed E-state index contributed by atoms with van der Waals surface area (Å²) in [5, 5.41) is 3.56. The molecule has 0 heterocycles. The number of nitrogens with one attached hydrogen (secondary N) is 1. The quantitative estimate of drug-likeness (QED) is 0.816. The van der Waals surface area contributed by atoms with E-state index in [2.05, 4.69) is 12.2 Å². The maximum absolute atomic E-state index is 13.0. The van der Waals surface area contributed by atoms with Gasteiger partial charge in [0.15, 0.2) is 0 Å². The zero-order chi connectivity index (χ0) is 11.3. The van der Waals surface area contributed by atoms with Crippen LogP contribution < -0.4 is 11.1 Å². The van der Waals surface area contributed by atoms with Crippen LogP contribution in [0.4, 0.5) is 10.1 Å². The highest BCUT2D eigenvalue weighted by molar-refractivity contribution is 6.30. The Bertz CT molecular complexity index is 297. The molecule has 0 aliphatic carbocycles. The zero-order valence-electron chi connectivity index (χ0n) is 8.76. The van der Waals surface area contributed by atoms with Crippen molar-refractivity contribution < 1.29 is 4.39 Å². The van der Waals surface area contributed by atoms with Crippen LogP contribution in [-0.2, 0) is 0 Å². The molecular formula is C11H16ClFN2. The highest BCUT2D eigenvalue weighted by atomic mass is 35.5. The van der Waals surface area contributed by atoms with Crippen molar-refractivity contribution in [2.24, 2.45) is 5.73 Å². The van der Waals surface area contributed by atoms with E-state index in [9.17, 15) is 4.39 Å². The molecule has 0 bridgehead atoms. The van der Waals surface area contributed by atoms with Crippen LogP contribution in [0.1, 0.15) is 19.8 Å². The molecule has 1 rings (SSSR count). The van der Waals surface area contributed by atoms with Gasteiger partial charge in [-0.15, -0.1) is 0 Å². The van der Waals surface area contributed by atoms with Gasteiger partial charge in [0.05, 0.1) is 0 Å². The zero-order valence-corrected chi connectivity index (χ0v) is 9.52. The summed E-state index contributed by atoms with van der Waals surface area (Å²) in [6, 6.07) is 4.57. The van der Waals surface area contributed by atoms with Crippen molar-refractivity contribution >= 4 is 17.3 Å². The standard InChI is InChI=1S/C11H16ClFN2/c1-2-3-10(7-14)15-11-5-8(12)4-9(13)6-11/h4-6,10,15H,2-3,7,14H2,1H3. The molecule has 1 atom stereocenters. The number of rotatable bonds is 5. The fourth-order valence-electron chi connectivity index (χ4n) is 1.47. The van der Waals surface area contributed by atoms with Gasteiger partial charge in [-0.3, -0.25) is 0 Å². The number of benzene rings is 1. The molecule has 0 amide bonds. The Morgan fingerprint density at radius 1 is 1.47 bits per heavy atom. The van der Waals surface area contributed by atoms with Gasteiger partial charge in [-0.1, -0.05) is 24.9 Å². The number of nitrogens with two attached hydrogens (primary N) is 1. The first-order chi connectivity index (χ1) is 7.15. The van der Waals surface area contributed by atoms with E-state index in [0.717, 1.165) is 12.8 Å². The van der Waals surface area contributed by atoms with Crippen molar-refractivity contribution in [3.8, 4) is 0 Å². The minimum Gasteiger partial charge on any atom is -0.381 e. The lowest BCUT2D eigenvalue weighted by Crippen LogP contribution is -2.28. The van der Waals surface area contributed by atoms with Gasteiger partial charge in [0.25, 0.3) is 0 Å². The lowest BCUT2D eigenvalue weighted by atomic mass is 10.1. The average molecular weight is 231 g/mol. The summed E-state index contributed by atoms with van der Waals surface area (Å²) in [5.74, 6) is -0.336. The van der Waals surface area contributed by atoms with E-state index in [0.29, 0.717) is 17.3 Å². The average Bonchev–Trinajstić information content (AvgIpc) is 2.15. The first-order valence-electron chi connectivity index (χ1n) is 5.08. The fourth-order valence-corrected chi connectivity index (χ4v) is 1.69. The molecule has 4 heteroatoms. The molecule has 0 spiro atoms. The molecule has 0 aromatic heterocycles. The van der Waals surface area contributed by atoms with Gasteiger partial charge in [-0.25, -0.2) is 4.39 Å². The van der Waals surface area contributed by atoms with E-state index in [-0.39, 0.29) is 11.9 Å². The Balaban J connectivity index is 2.69. The third kappa shape index (κ3) is 4.06. The summed E-state index contributed by atoms with van der Waals surface area (Å²) in [7, 11) is 0. The SMILES string of the molecule is CCCC(CN)Nc1cc(F)cc(Cl)c1. The molecule has 0 saturated carbocycles. The van der Waals surface area contributed by atoms with E-state index >= 15 is 0 Å². The number of hydrogen-bond donors (Lipinski definition) is 2. The number of hydrogen-bond acceptors (Lipinski definition) is 2. The first kappa shape index (κ1) is 12.3. The Morgan fingerprint density at radius 2 is 2.20 bits per heavy atom. The van der Waals surface area contributed by atoms with Gasteiger partial charge in [0.2, 0.25) is 0 Å². The van der Waals surface area contributed by atoms with Crippen LogP contribution in [0.25, 0.3) is 0 Å². The third-order valence-electron chi connectivity index (χ3n) is 2.16. The van der Waals surface area contributed by atoms with Crippen molar-refractivity contribution in [3.05, 3.63) is 29.0 Å². The number of anilines is 1. The van der Waals surface area contributed by atoms with Crippen LogP contribution in [0, 0.1) is 5.82 Å². The molecule has 0 saturated heterocycles. The summed E-state index contributed by atoms with van der Waals surface area (Å²) in [5.41, 5.74) is 6.28. The van der Waals surface area contributed by atoms with Gasteiger partial charge < -0.3 is 11.1 Å². The normalized spacial score (nSPS) is 12.5. The van der Waals surface area contributed by atoms with Gasteiger partial charge in [-0.05, 0) is 24.6 Å². The molecule has 2 nitrogen and oxygen atoms in total. The monoisotopic (exact) mass is 230 g/mol. The maximum Gasteiger partial charge on any atom is 0.126 e. The number of halogens is 2.